The van der Waals surface area contributed by atoms with E-state index < -0.39 is 17.8 Å². The zero-order valence-corrected chi connectivity index (χ0v) is 14.4. The Hall–Kier alpha value is -3.23. The van der Waals surface area contributed by atoms with E-state index in [1.54, 1.807) is 22.9 Å². The van der Waals surface area contributed by atoms with Crippen LogP contribution in [0.4, 0.5) is 29.3 Å². The Labute approximate surface area is 152 Å². The molecule has 0 aliphatic heterocycles. The number of halogens is 3. The van der Waals surface area contributed by atoms with E-state index in [-0.39, 0.29) is 11.2 Å². The monoisotopic (exact) mass is 378 g/mol. The fourth-order valence-corrected chi connectivity index (χ4v) is 2.71. The van der Waals surface area contributed by atoms with E-state index in [0.29, 0.717) is 17.6 Å². The van der Waals surface area contributed by atoms with Crippen molar-refractivity contribution < 1.29 is 18.0 Å². The number of aryl methyl sites for hydroxylation is 1. The first-order chi connectivity index (χ1) is 12.8. The van der Waals surface area contributed by atoms with Crippen LogP contribution in [0.2, 0.25) is 0 Å². The number of anilines is 2. The molecule has 1 aromatic heterocycles. The Bertz CT molecular complexity index is 1020. The van der Waals surface area contributed by atoms with Crippen molar-refractivity contribution in [3.05, 3.63) is 58.4 Å². The van der Waals surface area contributed by atoms with Crippen molar-refractivity contribution in [1.29, 1.82) is 0 Å². The first-order valence-corrected chi connectivity index (χ1v) is 8.26. The topological polar surface area (TPSA) is 78.9 Å². The molecule has 0 bridgehead atoms. The third-order valence-corrected chi connectivity index (χ3v) is 3.94. The molecule has 142 valence electrons. The number of hydrogen-bond donors (Lipinski definition) is 3. The van der Waals surface area contributed by atoms with Gasteiger partial charge in [-0.25, -0.2) is 4.79 Å². The highest BCUT2D eigenvalue weighted by atomic mass is 19.4. The second-order valence-electron chi connectivity index (χ2n) is 5.98. The predicted molar refractivity (Wildman–Crippen MR) is 96.9 cm³/mol. The maximum absolute atomic E-state index is 12.6. The van der Waals surface area contributed by atoms with Gasteiger partial charge in [0.15, 0.2) is 0 Å². The van der Waals surface area contributed by atoms with E-state index in [1.807, 2.05) is 6.92 Å². The van der Waals surface area contributed by atoms with Gasteiger partial charge >= 0.3 is 12.2 Å². The van der Waals surface area contributed by atoms with Crippen molar-refractivity contribution >= 4 is 28.3 Å². The van der Waals surface area contributed by atoms with Gasteiger partial charge in [0.25, 0.3) is 5.56 Å². The number of H-pyrrole nitrogens is 1. The maximum atomic E-state index is 12.6. The van der Waals surface area contributed by atoms with E-state index in [4.69, 9.17) is 0 Å². The highest BCUT2D eigenvalue weighted by Crippen LogP contribution is 2.29. The van der Waals surface area contributed by atoms with Gasteiger partial charge in [-0.3, -0.25) is 14.6 Å². The second kappa shape index (κ2) is 7.18. The van der Waals surface area contributed by atoms with Crippen molar-refractivity contribution in [1.82, 2.24) is 9.78 Å². The molecule has 0 saturated carbocycles. The lowest BCUT2D eigenvalue weighted by Gasteiger charge is -2.10. The molecule has 2 aromatic carbocycles. The molecule has 0 aliphatic rings. The van der Waals surface area contributed by atoms with E-state index in [1.165, 1.54) is 12.1 Å². The molecule has 0 fully saturated rings. The molecule has 1 heterocycles. The van der Waals surface area contributed by atoms with Gasteiger partial charge in [0.2, 0.25) is 0 Å². The smallest absolute Gasteiger partial charge is 0.308 e. The minimum atomic E-state index is -4.43. The van der Waals surface area contributed by atoms with E-state index in [2.05, 4.69) is 15.7 Å². The van der Waals surface area contributed by atoms with Crippen molar-refractivity contribution in [3.63, 3.8) is 0 Å². The van der Waals surface area contributed by atoms with Crippen molar-refractivity contribution in [2.24, 2.45) is 0 Å². The summed E-state index contributed by atoms with van der Waals surface area (Å²) in [7, 11) is 0. The Morgan fingerprint density at radius 1 is 1.07 bits per heavy atom. The molecule has 2 amide bonds. The highest BCUT2D eigenvalue weighted by molar-refractivity contribution is 6.00. The summed E-state index contributed by atoms with van der Waals surface area (Å²) in [5, 5.41) is 8.18. The number of carbonyl (C=O) groups excluding carboxylic acids is 1. The number of carbonyl (C=O) groups is 1. The molecule has 0 saturated heterocycles. The van der Waals surface area contributed by atoms with Crippen LogP contribution in [0.5, 0.6) is 0 Å². The average Bonchev–Trinajstić information content (AvgIpc) is 2.90. The van der Waals surface area contributed by atoms with Crippen LogP contribution in [0.3, 0.4) is 0 Å². The van der Waals surface area contributed by atoms with Crippen LogP contribution in [0.25, 0.3) is 10.9 Å². The molecular formula is C18H17F3N4O2. The van der Waals surface area contributed by atoms with Crippen LogP contribution < -0.4 is 16.2 Å². The highest BCUT2D eigenvalue weighted by Gasteiger charge is 2.29. The quantitative estimate of drug-likeness (QED) is 0.629. The summed E-state index contributed by atoms with van der Waals surface area (Å²) in [6.07, 6.45) is -3.58. The van der Waals surface area contributed by atoms with Gasteiger partial charge in [-0.05, 0) is 48.9 Å². The Kier molecular flexibility index (Phi) is 4.93. The lowest BCUT2D eigenvalue weighted by Crippen LogP contribution is -2.19. The van der Waals surface area contributed by atoms with Crippen LogP contribution >= 0.6 is 0 Å². The van der Waals surface area contributed by atoms with Gasteiger partial charge in [0.1, 0.15) is 0 Å². The number of urea groups is 1. The first-order valence-electron chi connectivity index (χ1n) is 8.26. The SMILES string of the molecule is CCCn1[nH]c(=O)c2cc(NC(=O)Nc3ccc(C(F)(F)F)cc3)ccc21. The van der Waals surface area contributed by atoms with E-state index in [9.17, 15) is 22.8 Å². The standard InChI is InChI=1S/C18H17F3N4O2/c1-2-9-25-15-8-7-13(10-14(15)16(26)24-25)23-17(27)22-12-5-3-11(4-6-12)18(19,20)21/h3-8,10H,2,9H2,1H3,(H,24,26)(H2,22,23,27). The number of nitrogens with one attached hydrogen (secondary N) is 3. The second-order valence-corrected chi connectivity index (χ2v) is 5.98. The molecule has 0 atom stereocenters. The first kappa shape index (κ1) is 18.6. The third-order valence-electron chi connectivity index (χ3n) is 3.94. The fraction of sp³-hybridized carbons (Fsp3) is 0.222. The maximum Gasteiger partial charge on any atom is 0.416 e. The fourth-order valence-electron chi connectivity index (χ4n) is 2.71. The molecule has 9 heteroatoms. The van der Waals surface area contributed by atoms with Gasteiger partial charge in [0.05, 0.1) is 16.5 Å². The van der Waals surface area contributed by atoms with Crippen LogP contribution in [-0.2, 0) is 12.7 Å². The summed E-state index contributed by atoms with van der Waals surface area (Å²) in [5.74, 6) is 0. The number of hydrogen-bond acceptors (Lipinski definition) is 2. The molecule has 6 nitrogen and oxygen atoms in total. The van der Waals surface area contributed by atoms with Crippen LogP contribution in [0.1, 0.15) is 18.9 Å². The summed E-state index contributed by atoms with van der Waals surface area (Å²) in [6, 6.07) is 8.40. The van der Waals surface area contributed by atoms with E-state index in [0.717, 1.165) is 24.1 Å². The van der Waals surface area contributed by atoms with Crippen LogP contribution in [0.15, 0.2) is 47.3 Å². The van der Waals surface area contributed by atoms with Crippen molar-refractivity contribution in [3.8, 4) is 0 Å². The number of aromatic nitrogens is 2. The number of fused-ring (bicyclic) bond motifs is 1. The van der Waals surface area contributed by atoms with Crippen molar-refractivity contribution in [2.45, 2.75) is 26.1 Å². The van der Waals surface area contributed by atoms with Gasteiger partial charge in [-0.15, -0.1) is 0 Å². The Morgan fingerprint density at radius 2 is 1.70 bits per heavy atom. The summed E-state index contributed by atoms with van der Waals surface area (Å²) in [5.41, 5.74) is 0.288. The summed E-state index contributed by atoms with van der Waals surface area (Å²) < 4.78 is 39.4. The van der Waals surface area contributed by atoms with Crippen LogP contribution in [0, 0.1) is 0 Å². The minimum Gasteiger partial charge on any atom is -0.308 e. The largest absolute Gasteiger partial charge is 0.416 e. The summed E-state index contributed by atoms with van der Waals surface area (Å²) in [4.78, 5) is 24.1. The van der Waals surface area contributed by atoms with Gasteiger partial charge in [-0.2, -0.15) is 13.2 Å². The number of benzene rings is 2. The van der Waals surface area contributed by atoms with Crippen LogP contribution in [-0.4, -0.2) is 15.8 Å². The van der Waals surface area contributed by atoms with E-state index >= 15 is 0 Å². The summed E-state index contributed by atoms with van der Waals surface area (Å²) >= 11 is 0. The zero-order valence-electron chi connectivity index (χ0n) is 14.4. The molecule has 0 aliphatic carbocycles. The number of alkyl halides is 3. The lowest BCUT2D eigenvalue weighted by atomic mass is 10.2. The van der Waals surface area contributed by atoms with Gasteiger partial charge in [-0.1, -0.05) is 6.92 Å². The number of rotatable bonds is 4. The van der Waals surface area contributed by atoms with Gasteiger partial charge in [0, 0.05) is 17.9 Å². The molecular weight excluding hydrogens is 361 g/mol. The van der Waals surface area contributed by atoms with Crippen molar-refractivity contribution in [2.75, 3.05) is 10.6 Å². The Morgan fingerprint density at radius 3 is 2.33 bits per heavy atom. The summed E-state index contributed by atoms with van der Waals surface area (Å²) in [6.45, 7) is 2.66. The number of amides is 2. The Balaban J connectivity index is 1.72. The molecule has 0 radical (unpaired) electrons. The minimum absolute atomic E-state index is 0.216. The molecule has 3 aromatic rings. The molecule has 0 spiro atoms. The van der Waals surface area contributed by atoms with Gasteiger partial charge < -0.3 is 10.6 Å². The molecule has 27 heavy (non-hydrogen) atoms. The zero-order chi connectivity index (χ0) is 19.6. The molecule has 3 N–H and O–H groups in total. The number of aromatic amines is 1. The normalized spacial score (nSPS) is 11.6. The third kappa shape index (κ3) is 4.13. The predicted octanol–water partition coefficient (Wildman–Crippen LogP) is 4.40. The average molecular weight is 378 g/mol. The lowest BCUT2D eigenvalue weighted by molar-refractivity contribution is -0.137. The molecule has 3 rings (SSSR count). The molecule has 0 unspecified atom stereocenters. The number of nitrogens with zero attached hydrogens (tertiary/aromatic N) is 1.